The Morgan fingerprint density at radius 2 is 2.11 bits per heavy atom. The smallest absolute Gasteiger partial charge is 0.408 e. The zero-order valence-electron chi connectivity index (χ0n) is 10.7. The van der Waals surface area contributed by atoms with Crippen LogP contribution in [0.5, 0.6) is 0 Å². The SMILES string of the molecule is C[C@@H](NC(=O)OC(C)(C)C)c1nc(C(=O)O)cs1. The first kappa shape index (κ1) is 14.4. The Kier molecular flexibility index (Phi) is 4.28. The molecule has 1 amide bonds. The second-order valence-electron chi connectivity index (χ2n) is 4.74. The maximum atomic E-state index is 11.5. The standard InChI is InChI=1S/C11H16N2O4S/c1-6(12-10(16)17-11(2,3)4)8-13-7(5-18-8)9(14)15/h5-6H,1-4H3,(H,12,16)(H,14,15)/t6-/m1/s1. The van der Waals surface area contributed by atoms with Crippen LogP contribution in [0.1, 0.15) is 49.2 Å². The summed E-state index contributed by atoms with van der Waals surface area (Å²) in [5, 5.41) is 13.3. The predicted octanol–water partition coefficient (Wildman–Crippen LogP) is 2.43. The molecule has 0 radical (unpaired) electrons. The summed E-state index contributed by atoms with van der Waals surface area (Å²) < 4.78 is 5.09. The van der Waals surface area contributed by atoms with Gasteiger partial charge in [0.1, 0.15) is 10.6 Å². The molecule has 1 rings (SSSR count). The van der Waals surface area contributed by atoms with Gasteiger partial charge in [0.2, 0.25) is 0 Å². The van der Waals surface area contributed by atoms with E-state index < -0.39 is 23.7 Å². The number of carboxylic acids is 1. The Morgan fingerprint density at radius 3 is 2.56 bits per heavy atom. The summed E-state index contributed by atoms with van der Waals surface area (Å²) in [4.78, 5) is 26.1. The van der Waals surface area contributed by atoms with Crippen LogP contribution < -0.4 is 5.32 Å². The van der Waals surface area contributed by atoms with E-state index >= 15 is 0 Å². The average Bonchev–Trinajstić information content (AvgIpc) is 2.62. The third-order valence-corrected chi connectivity index (χ3v) is 2.87. The summed E-state index contributed by atoms with van der Waals surface area (Å²) in [6.07, 6.45) is -0.554. The average molecular weight is 272 g/mol. The van der Waals surface area contributed by atoms with Gasteiger partial charge in [-0.15, -0.1) is 11.3 Å². The number of hydrogen-bond donors (Lipinski definition) is 2. The zero-order chi connectivity index (χ0) is 13.9. The summed E-state index contributed by atoms with van der Waals surface area (Å²) >= 11 is 1.18. The van der Waals surface area contributed by atoms with E-state index in [0.717, 1.165) is 0 Å². The summed E-state index contributed by atoms with van der Waals surface area (Å²) in [5.41, 5.74) is -0.591. The van der Waals surface area contributed by atoms with Crippen molar-refractivity contribution < 1.29 is 19.4 Å². The molecule has 100 valence electrons. The molecule has 1 aromatic rings. The second kappa shape index (κ2) is 5.34. The maximum absolute atomic E-state index is 11.5. The number of alkyl carbamates (subject to hydrolysis) is 1. The van der Waals surface area contributed by atoms with Crippen molar-refractivity contribution in [1.29, 1.82) is 0 Å². The second-order valence-corrected chi connectivity index (χ2v) is 5.63. The van der Waals surface area contributed by atoms with Gasteiger partial charge >= 0.3 is 12.1 Å². The molecule has 0 bridgehead atoms. The molecular weight excluding hydrogens is 256 g/mol. The van der Waals surface area contributed by atoms with Crippen molar-refractivity contribution in [1.82, 2.24) is 10.3 Å². The molecule has 7 heteroatoms. The lowest BCUT2D eigenvalue weighted by Gasteiger charge is -2.21. The molecule has 18 heavy (non-hydrogen) atoms. The number of rotatable bonds is 3. The van der Waals surface area contributed by atoms with Gasteiger partial charge in [-0.1, -0.05) is 0 Å². The number of nitrogens with zero attached hydrogens (tertiary/aromatic N) is 1. The maximum Gasteiger partial charge on any atom is 0.408 e. The van der Waals surface area contributed by atoms with E-state index in [1.54, 1.807) is 27.7 Å². The van der Waals surface area contributed by atoms with Gasteiger partial charge in [-0.2, -0.15) is 0 Å². The Hall–Kier alpha value is -1.63. The van der Waals surface area contributed by atoms with Gasteiger partial charge in [0.15, 0.2) is 5.69 Å². The van der Waals surface area contributed by atoms with Gasteiger partial charge in [0, 0.05) is 5.38 Å². The fraction of sp³-hybridized carbons (Fsp3) is 0.545. The minimum absolute atomic E-state index is 0.0205. The fourth-order valence-electron chi connectivity index (χ4n) is 1.13. The van der Waals surface area contributed by atoms with Crippen molar-refractivity contribution in [3.05, 3.63) is 16.1 Å². The minimum Gasteiger partial charge on any atom is -0.476 e. The van der Waals surface area contributed by atoms with Gasteiger partial charge in [0.25, 0.3) is 0 Å². The van der Waals surface area contributed by atoms with E-state index in [2.05, 4.69) is 10.3 Å². The number of carbonyl (C=O) groups is 2. The van der Waals surface area contributed by atoms with Crippen LogP contribution in [0.3, 0.4) is 0 Å². The molecule has 0 unspecified atom stereocenters. The Morgan fingerprint density at radius 1 is 1.50 bits per heavy atom. The molecule has 0 fully saturated rings. The number of aromatic nitrogens is 1. The van der Waals surface area contributed by atoms with Crippen LogP contribution >= 0.6 is 11.3 Å². The first-order valence-electron chi connectivity index (χ1n) is 5.37. The number of amides is 1. The monoisotopic (exact) mass is 272 g/mol. The molecule has 0 aliphatic carbocycles. The highest BCUT2D eigenvalue weighted by Crippen LogP contribution is 2.18. The van der Waals surface area contributed by atoms with E-state index in [1.165, 1.54) is 16.7 Å². The van der Waals surface area contributed by atoms with Crippen molar-refractivity contribution in [2.24, 2.45) is 0 Å². The quantitative estimate of drug-likeness (QED) is 0.882. The van der Waals surface area contributed by atoms with E-state index in [4.69, 9.17) is 9.84 Å². The van der Waals surface area contributed by atoms with Crippen LogP contribution in [0.25, 0.3) is 0 Å². The van der Waals surface area contributed by atoms with Crippen LogP contribution in [-0.2, 0) is 4.74 Å². The van der Waals surface area contributed by atoms with E-state index in [9.17, 15) is 9.59 Å². The molecule has 2 N–H and O–H groups in total. The van der Waals surface area contributed by atoms with E-state index in [-0.39, 0.29) is 5.69 Å². The number of carboxylic acid groups (broad SMARTS) is 1. The van der Waals surface area contributed by atoms with Crippen LogP contribution in [0.2, 0.25) is 0 Å². The molecule has 1 atom stereocenters. The molecule has 0 aliphatic rings. The molecule has 1 aromatic heterocycles. The van der Waals surface area contributed by atoms with E-state index in [1.807, 2.05) is 0 Å². The van der Waals surface area contributed by atoms with Gasteiger partial charge in [-0.3, -0.25) is 0 Å². The molecular formula is C11H16N2O4S. The molecule has 0 saturated heterocycles. The Labute approximate surface area is 109 Å². The van der Waals surface area contributed by atoms with Gasteiger partial charge in [-0.25, -0.2) is 14.6 Å². The molecule has 0 spiro atoms. The van der Waals surface area contributed by atoms with Crippen molar-refractivity contribution in [3.63, 3.8) is 0 Å². The van der Waals surface area contributed by atoms with Gasteiger partial charge in [-0.05, 0) is 27.7 Å². The number of ether oxygens (including phenoxy) is 1. The topological polar surface area (TPSA) is 88.5 Å². The number of aromatic carboxylic acids is 1. The highest BCUT2D eigenvalue weighted by Gasteiger charge is 2.20. The van der Waals surface area contributed by atoms with Crippen molar-refractivity contribution in [2.45, 2.75) is 39.3 Å². The van der Waals surface area contributed by atoms with Gasteiger partial charge < -0.3 is 15.2 Å². The summed E-state index contributed by atoms with van der Waals surface area (Å²) in [6.45, 7) is 7.02. The highest BCUT2D eigenvalue weighted by atomic mass is 32.1. The lowest BCUT2D eigenvalue weighted by Crippen LogP contribution is -2.34. The Balaban J connectivity index is 2.62. The van der Waals surface area contributed by atoms with Crippen LogP contribution in [0, 0.1) is 0 Å². The molecule has 1 heterocycles. The summed E-state index contributed by atoms with van der Waals surface area (Å²) in [6, 6.07) is -0.391. The first-order valence-corrected chi connectivity index (χ1v) is 6.25. The summed E-state index contributed by atoms with van der Waals surface area (Å²) in [5.74, 6) is -1.08. The Bertz CT molecular complexity index is 450. The molecule has 0 saturated carbocycles. The molecule has 6 nitrogen and oxygen atoms in total. The van der Waals surface area contributed by atoms with Crippen molar-refractivity contribution in [3.8, 4) is 0 Å². The first-order chi connectivity index (χ1) is 8.19. The lowest BCUT2D eigenvalue weighted by molar-refractivity contribution is 0.0507. The highest BCUT2D eigenvalue weighted by molar-refractivity contribution is 7.09. The number of thiazole rings is 1. The van der Waals surface area contributed by atoms with Gasteiger partial charge in [0.05, 0.1) is 6.04 Å². The normalized spacial score (nSPS) is 12.9. The van der Waals surface area contributed by atoms with Crippen molar-refractivity contribution in [2.75, 3.05) is 0 Å². The van der Waals surface area contributed by atoms with Crippen molar-refractivity contribution >= 4 is 23.4 Å². The largest absolute Gasteiger partial charge is 0.476 e. The number of nitrogens with one attached hydrogen (secondary N) is 1. The zero-order valence-corrected chi connectivity index (χ0v) is 11.5. The molecule has 0 aromatic carbocycles. The van der Waals surface area contributed by atoms with E-state index in [0.29, 0.717) is 5.01 Å². The van der Waals surface area contributed by atoms with Crippen LogP contribution in [-0.4, -0.2) is 27.8 Å². The molecule has 0 aliphatic heterocycles. The third kappa shape index (κ3) is 4.33. The fourth-order valence-corrected chi connectivity index (χ4v) is 1.93. The number of hydrogen-bond acceptors (Lipinski definition) is 5. The number of carbonyl (C=O) groups excluding carboxylic acids is 1. The summed E-state index contributed by atoms with van der Waals surface area (Å²) in [7, 11) is 0. The lowest BCUT2D eigenvalue weighted by atomic mass is 10.2. The van der Waals surface area contributed by atoms with Crippen LogP contribution in [0.15, 0.2) is 5.38 Å². The third-order valence-electron chi connectivity index (χ3n) is 1.84. The minimum atomic E-state index is -1.08. The predicted molar refractivity (Wildman–Crippen MR) is 66.9 cm³/mol. The van der Waals surface area contributed by atoms with Crippen LogP contribution in [0.4, 0.5) is 4.79 Å².